The molecule has 0 aliphatic heterocycles. The zero-order chi connectivity index (χ0) is 20.6. The van der Waals surface area contributed by atoms with Crippen LogP contribution in [0.5, 0.6) is 0 Å². The maximum Gasteiger partial charge on any atom is 0.407 e. The first-order chi connectivity index (χ1) is 13.6. The van der Waals surface area contributed by atoms with E-state index in [0.717, 1.165) is 18.4 Å². The smallest absolute Gasteiger partial charge is 0.407 e. The number of rotatable bonds is 12. The Kier molecular flexibility index (Phi) is 11.9. The molecule has 0 radical (unpaired) electrons. The van der Waals surface area contributed by atoms with Gasteiger partial charge in [0, 0.05) is 6.54 Å². The van der Waals surface area contributed by atoms with E-state index in [-0.39, 0.29) is 6.61 Å². The Morgan fingerprint density at radius 3 is 2.43 bits per heavy atom. The van der Waals surface area contributed by atoms with Crippen LogP contribution in [-0.2, 0) is 25.6 Å². The first-order valence-electron chi connectivity index (χ1n) is 9.52. The summed E-state index contributed by atoms with van der Waals surface area (Å²) in [6.07, 6.45) is 2.17. The van der Waals surface area contributed by atoms with Gasteiger partial charge in [0.05, 0.1) is 13.7 Å². The zero-order valence-electron chi connectivity index (χ0n) is 16.6. The molecular weight excluding hydrogens is 364 g/mol. The molecule has 0 saturated heterocycles. The lowest BCUT2D eigenvalue weighted by Crippen LogP contribution is -2.42. The molecule has 2 amide bonds. The van der Waals surface area contributed by atoms with Crippen molar-refractivity contribution in [3.05, 3.63) is 35.9 Å². The van der Waals surface area contributed by atoms with Crippen molar-refractivity contribution in [1.29, 1.82) is 0 Å². The largest absolute Gasteiger partial charge is 0.467 e. The molecule has 2 N–H and O–H groups in total. The summed E-state index contributed by atoms with van der Waals surface area (Å²) in [5.41, 5.74) is 0.912. The predicted octanol–water partition coefficient (Wildman–Crippen LogP) is 3.15. The number of hydrogen-bond acceptors (Lipinski definition) is 6. The van der Waals surface area contributed by atoms with E-state index in [2.05, 4.69) is 10.6 Å². The Morgan fingerprint density at radius 2 is 1.75 bits per heavy atom. The average molecular weight is 394 g/mol. The van der Waals surface area contributed by atoms with E-state index in [1.807, 2.05) is 37.3 Å². The number of nitrogens with one attached hydrogen (secondary N) is 2. The van der Waals surface area contributed by atoms with Gasteiger partial charge in [0.25, 0.3) is 0 Å². The van der Waals surface area contributed by atoms with Crippen LogP contribution in [-0.4, -0.2) is 44.5 Å². The molecule has 1 aromatic carbocycles. The molecule has 0 fully saturated rings. The molecule has 8 nitrogen and oxygen atoms in total. The quantitative estimate of drug-likeness (QED) is 0.321. The predicted molar refractivity (Wildman–Crippen MR) is 104 cm³/mol. The fraction of sp³-hybridized carbons (Fsp3) is 0.550. The third kappa shape index (κ3) is 10.4. The van der Waals surface area contributed by atoms with Crippen molar-refractivity contribution in [3.8, 4) is 0 Å². The van der Waals surface area contributed by atoms with E-state index < -0.39 is 24.2 Å². The standard InChI is InChI=1S/C20H30N2O6/c1-3-4-14-27-20(25)22-17(18(23)26-2)12-8-9-13-21-19(24)28-15-16-10-6-5-7-11-16/h5-7,10-11,17H,3-4,8-9,12-15H2,1-2H3,(H,21,24)(H,22,25)/t17-/m0/s1. The highest BCUT2D eigenvalue weighted by Gasteiger charge is 2.21. The van der Waals surface area contributed by atoms with E-state index in [0.29, 0.717) is 32.4 Å². The van der Waals surface area contributed by atoms with Crippen molar-refractivity contribution in [2.75, 3.05) is 20.3 Å². The summed E-state index contributed by atoms with van der Waals surface area (Å²) in [6, 6.07) is 8.62. The number of benzene rings is 1. The van der Waals surface area contributed by atoms with Crippen molar-refractivity contribution < 1.29 is 28.6 Å². The molecule has 8 heteroatoms. The lowest BCUT2D eigenvalue weighted by Gasteiger charge is -2.16. The minimum atomic E-state index is -0.774. The lowest BCUT2D eigenvalue weighted by atomic mass is 10.1. The van der Waals surface area contributed by atoms with Crippen LogP contribution in [0.4, 0.5) is 9.59 Å². The first-order valence-corrected chi connectivity index (χ1v) is 9.52. The number of carbonyl (C=O) groups excluding carboxylic acids is 3. The first kappa shape index (κ1) is 23.3. The molecule has 156 valence electrons. The summed E-state index contributed by atoms with van der Waals surface area (Å²) >= 11 is 0. The summed E-state index contributed by atoms with van der Waals surface area (Å²) in [4.78, 5) is 35.1. The molecule has 1 aromatic rings. The number of alkyl carbamates (subject to hydrolysis) is 2. The SMILES string of the molecule is CCCCOC(=O)N[C@@H](CCCCNC(=O)OCc1ccccc1)C(=O)OC. The Morgan fingerprint density at radius 1 is 1.00 bits per heavy atom. The molecule has 0 bridgehead atoms. The molecule has 0 aromatic heterocycles. The van der Waals surface area contributed by atoms with Gasteiger partial charge in [0.1, 0.15) is 12.6 Å². The van der Waals surface area contributed by atoms with Crippen molar-refractivity contribution >= 4 is 18.2 Å². The van der Waals surface area contributed by atoms with Gasteiger partial charge < -0.3 is 24.8 Å². The highest BCUT2D eigenvalue weighted by Crippen LogP contribution is 2.04. The van der Waals surface area contributed by atoms with Crippen LogP contribution < -0.4 is 10.6 Å². The van der Waals surface area contributed by atoms with Crippen LogP contribution in [0.1, 0.15) is 44.6 Å². The second-order valence-electron chi connectivity index (χ2n) is 6.19. The van der Waals surface area contributed by atoms with Crippen LogP contribution in [0.15, 0.2) is 30.3 Å². The summed E-state index contributed by atoms with van der Waals surface area (Å²) < 4.78 is 14.8. The van der Waals surface area contributed by atoms with Crippen molar-refractivity contribution in [1.82, 2.24) is 10.6 Å². The minimum absolute atomic E-state index is 0.209. The van der Waals surface area contributed by atoms with Gasteiger partial charge in [-0.3, -0.25) is 0 Å². The third-order valence-electron chi connectivity index (χ3n) is 3.91. The van der Waals surface area contributed by atoms with Gasteiger partial charge in [-0.2, -0.15) is 0 Å². The highest BCUT2D eigenvalue weighted by atomic mass is 16.6. The second-order valence-corrected chi connectivity index (χ2v) is 6.19. The number of methoxy groups -OCH3 is 1. The van der Waals surface area contributed by atoms with Crippen molar-refractivity contribution in [2.45, 2.75) is 51.7 Å². The number of amides is 2. The second kappa shape index (κ2) is 14.3. The van der Waals surface area contributed by atoms with Crippen LogP contribution in [0, 0.1) is 0 Å². The van der Waals surface area contributed by atoms with E-state index in [1.165, 1.54) is 7.11 Å². The summed E-state index contributed by atoms with van der Waals surface area (Å²) in [7, 11) is 1.27. The number of carbonyl (C=O) groups is 3. The van der Waals surface area contributed by atoms with E-state index in [1.54, 1.807) is 0 Å². The summed E-state index contributed by atoms with van der Waals surface area (Å²) in [6.45, 7) is 2.92. The maximum atomic E-state index is 11.8. The van der Waals surface area contributed by atoms with Crippen LogP contribution in [0.25, 0.3) is 0 Å². The summed E-state index contributed by atoms with van der Waals surface area (Å²) in [5, 5.41) is 5.17. The van der Waals surface area contributed by atoms with Crippen molar-refractivity contribution in [3.63, 3.8) is 0 Å². The Bertz CT molecular complexity index is 594. The molecule has 0 aliphatic carbocycles. The molecule has 0 spiro atoms. The molecular formula is C20H30N2O6. The Hall–Kier alpha value is -2.77. The number of esters is 1. The molecule has 0 aliphatic rings. The van der Waals surface area contributed by atoms with Gasteiger partial charge in [0.15, 0.2) is 0 Å². The fourth-order valence-corrected chi connectivity index (χ4v) is 2.32. The van der Waals surface area contributed by atoms with Gasteiger partial charge in [-0.1, -0.05) is 43.7 Å². The molecule has 0 saturated carbocycles. The maximum absolute atomic E-state index is 11.8. The Labute approximate surface area is 165 Å². The van der Waals surface area contributed by atoms with Crippen molar-refractivity contribution in [2.24, 2.45) is 0 Å². The van der Waals surface area contributed by atoms with Gasteiger partial charge in [0.2, 0.25) is 0 Å². The summed E-state index contributed by atoms with van der Waals surface area (Å²) in [5.74, 6) is -0.525. The fourth-order valence-electron chi connectivity index (χ4n) is 2.32. The minimum Gasteiger partial charge on any atom is -0.467 e. The normalized spacial score (nSPS) is 11.2. The Balaban J connectivity index is 2.21. The van der Waals surface area contributed by atoms with E-state index in [4.69, 9.17) is 14.2 Å². The highest BCUT2D eigenvalue weighted by molar-refractivity contribution is 5.81. The third-order valence-corrected chi connectivity index (χ3v) is 3.91. The van der Waals surface area contributed by atoms with E-state index >= 15 is 0 Å². The van der Waals surface area contributed by atoms with Crippen LogP contribution >= 0.6 is 0 Å². The van der Waals surface area contributed by atoms with Gasteiger partial charge in [-0.25, -0.2) is 14.4 Å². The molecule has 1 atom stereocenters. The van der Waals surface area contributed by atoms with Crippen LogP contribution in [0.3, 0.4) is 0 Å². The molecule has 0 heterocycles. The number of hydrogen-bond donors (Lipinski definition) is 2. The van der Waals surface area contributed by atoms with E-state index in [9.17, 15) is 14.4 Å². The monoisotopic (exact) mass is 394 g/mol. The van der Waals surface area contributed by atoms with Gasteiger partial charge >= 0.3 is 18.2 Å². The molecule has 1 rings (SSSR count). The van der Waals surface area contributed by atoms with Gasteiger partial charge in [-0.05, 0) is 31.2 Å². The molecule has 28 heavy (non-hydrogen) atoms. The number of unbranched alkanes of at least 4 members (excludes halogenated alkanes) is 2. The zero-order valence-corrected chi connectivity index (χ0v) is 16.6. The topological polar surface area (TPSA) is 103 Å². The number of ether oxygens (including phenoxy) is 3. The van der Waals surface area contributed by atoms with Gasteiger partial charge in [-0.15, -0.1) is 0 Å². The lowest BCUT2D eigenvalue weighted by molar-refractivity contribution is -0.143. The molecule has 0 unspecified atom stereocenters. The van der Waals surface area contributed by atoms with Crippen LogP contribution in [0.2, 0.25) is 0 Å². The average Bonchev–Trinajstić information content (AvgIpc) is 2.71.